The number of rotatable bonds is 3. The van der Waals surface area contributed by atoms with Crippen LogP contribution in [0.4, 0.5) is 5.82 Å². The quantitative estimate of drug-likeness (QED) is 0.435. The average molecular weight is 431 g/mol. The van der Waals surface area contributed by atoms with Crippen LogP contribution in [0, 0.1) is 20.8 Å². The maximum Gasteiger partial charge on any atom is 0.258 e. The van der Waals surface area contributed by atoms with E-state index in [4.69, 9.17) is 28.2 Å². The third-order valence-corrected chi connectivity index (χ3v) is 5.98. The van der Waals surface area contributed by atoms with E-state index in [1.807, 2.05) is 6.92 Å². The fraction of sp³-hybridized carbons (Fsp3) is 0.150. The van der Waals surface area contributed by atoms with Crippen molar-refractivity contribution in [2.75, 3.05) is 5.32 Å². The van der Waals surface area contributed by atoms with Gasteiger partial charge in [0, 0.05) is 11.1 Å². The lowest BCUT2D eigenvalue weighted by Crippen LogP contribution is -2.15. The van der Waals surface area contributed by atoms with Gasteiger partial charge in [-0.15, -0.1) is 0 Å². The van der Waals surface area contributed by atoms with Crippen LogP contribution >= 0.6 is 34.5 Å². The third-order valence-electron chi connectivity index (χ3n) is 4.42. The Bertz CT molecular complexity index is 1190. The van der Waals surface area contributed by atoms with E-state index in [2.05, 4.69) is 36.4 Å². The number of thiazole rings is 1. The predicted octanol–water partition coefficient (Wildman–Crippen LogP) is 5.97. The number of amides is 1. The van der Waals surface area contributed by atoms with Gasteiger partial charge in [-0.3, -0.25) is 4.79 Å². The van der Waals surface area contributed by atoms with Crippen molar-refractivity contribution < 1.29 is 4.79 Å². The number of fused-ring (bicyclic) bond motifs is 1. The fourth-order valence-electron chi connectivity index (χ4n) is 2.85. The standard InChI is InChI=1S/C20H16Cl2N4OS/c1-10-6-16-17(7-11(10)2)28-20(23-16)26-18(8-12(3)25-26)24-19(27)14-9-13(21)4-5-15(14)22/h4-9H,1-3H3,(H,24,27). The second-order valence-corrected chi connectivity index (χ2v) is 8.41. The largest absolute Gasteiger partial charge is 0.306 e. The monoisotopic (exact) mass is 430 g/mol. The highest BCUT2D eigenvalue weighted by molar-refractivity contribution is 7.20. The lowest BCUT2D eigenvalue weighted by Gasteiger charge is -2.08. The van der Waals surface area contributed by atoms with E-state index in [9.17, 15) is 4.79 Å². The summed E-state index contributed by atoms with van der Waals surface area (Å²) in [4.78, 5) is 17.4. The minimum Gasteiger partial charge on any atom is -0.306 e. The number of benzene rings is 2. The molecular weight excluding hydrogens is 415 g/mol. The summed E-state index contributed by atoms with van der Waals surface area (Å²) in [6, 6.07) is 10.7. The molecule has 0 fully saturated rings. The molecule has 0 radical (unpaired) electrons. The summed E-state index contributed by atoms with van der Waals surface area (Å²) in [5, 5.41) is 8.82. The van der Waals surface area contributed by atoms with Crippen LogP contribution in [-0.2, 0) is 0 Å². The molecule has 4 aromatic rings. The van der Waals surface area contributed by atoms with Crippen LogP contribution in [0.2, 0.25) is 10.0 Å². The molecule has 0 bridgehead atoms. The Kier molecular flexibility index (Phi) is 4.87. The van der Waals surface area contributed by atoms with E-state index < -0.39 is 0 Å². The molecule has 1 amide bonds. The number of aromatic nitrogens is 3. The molecule has 0 atom stereocenters. The van der Waals surface area contributed by atoms with Crippen LogP contribution < -0.4 is 5.32 Å². The van der Waals surface area contributed by atoms with Crippen molar-refractivity contribution in [2.24, 2.45) is 0 Å². The minimum absolute atomic E-state index is 0.301. The van der Waals surface area contributed by atoms with Crippen LogP contribution in [-0.4, -0.2) is 20.7 Å². The molecule has 0 unspecified atom stereocenters. The van der Waals surface area contributed by atoms with Crippen LogP contribution in [0.25, 0.3) is 15.3 Å². The molecule has 0 aliphatic heterocycles. The van der Waals surface area contributed by atoms with Crippen LogP contribution in [0.3, 0.4) is 0 Å². The zero-order valence-corrected chi connectivity index (χ0v) is 17.7. The highest BCUT2D eigenvalue weighted by Gasteiger charge is 2.17. The number of nitrogens with zero attached hydrogens (tertiary/aromatic N) is 3. The zero-order valence-electron chi connectivity index (χ0n) is 15.4. The SMILES string of the molecule is Cc1cc(NC(=O)c2cc(Cl)ccc2Cl)n(-c2nc3cc(C)c(C)cc3s2)n1. The van der Waals surface area contributed by atoms with Crippen molar-refractivity contribution >= 4 is 56.5 Å². The number of hydrogen-bond donors (Lipinski definition) is 1. The number of nitrogens with one attached hydrogen (secondary N) is 1. The summed E-state index contributed by atoms with van der Waals surface area (Å²) in [7, 11) is 0. The van der Waals surface area contributed by atoms with Gasteiger partial charge in [-0.2, -0.15) is 9.78 Å². The maximum absolute atomic E-state index is 12.7. The topological polar surface area (TPSA) is 59.8 Å². The van der Waals surface area contributed by atoms with E-state index in [1.54, 1.807) is 22.9 Å². The lowest BCUT2D eigenvalue weighted by atomic mass is 10.1. The Labute approximate surface area is 175 Å². The van der Waals surface area contributed by atoms with Crippen molar-refractivity contribution in [1.29, 1.82) is 0 Å². The molecule has 0 spiro atoms. The molecule has 2 aromatic heterocycles. The fourth-order valence-corrected chi connectivity index (χ4v) is 4.23. The van der Waals surface area contributed by atoms with Gasteiger partial charge in [0.1, 0.15) is 5.82 Å². The molecule has 2 heterocycles. The van der Waals surface area contributed by atoms with Gasteiger partial charge in [-0.05, 0) is 62.2 Å². The number of hydrogen-bond acceptors (Lipinski definition) is 4. The van der Waals surface area contributed by atoms with Crippen molar-refractivity contribution in [1.82, 2.24) is 14.8 Å². The van der Waals surface area contributed by atoms with Gasteiger partial charge < -0.3 is 5.32 Å². The van der Waals surface area contributed by atoms with Crippen molar-refractivity contribution in [3.8, 4) is 5.13 Å². The first kappa shape index (κ1) is 18.9. The van der Waals surface area contributed by atoms with Gasteiger partial charge in [-0.25, -0.2) is 4.98 Å². The number of halogens is 2. The Morgan fingerprint density at radius 2 is 1.82 bits per heavy atom. The molecule has 0 saturated carbocycles. The van der Waals surface area contributed by atoms with Crippen molar-refractivity contribution in [2.45, 2.75) is 20.8 Å². The van der Waals surface area contributed by atoms with Gasteiger partial charge >= 0.3 is 0 Å². The minimum atomic E-state index is -0.360. The van der Waals surface area contributed by atoms with Crippen LogP contribution in [0.1, 0.15) is 27.2 Å². The van der Waals surface area contributed by atoms with Crippen molar-refractivity contribution in [3.05, 3.63) is 68.8 Å². The molecule has 4 rings (SSSR count). The average Bonchev–Trinajstić information content (AvgIpc) is 3.20. The summed E-state index contributed by atoms with van der Waals surface area (Å²) in [6.45, 7) is 6.00. The summed E-state index contributed by atoms with van der Waals surface area (Å²) in [5.41, 5.74) is 4.37. The lowest BCUT2D eigenvalue weighted by molar-refractivity contribution is 0.102. The Morgan fingerprint density at radius 1 is 1.07 bits per heavy atom. The predicted molar refractivity (Wildman–Crippen MR) is 115 cm³/mol. The molecule has 28 heavy (non-hydrogen) atoms. The molecule has 8 heteroatoms. The second kappa shape index (κ2) is 7.20. The first-order chi connectivity index (χ1) is 13.3. The molecule has 5 nitrogen and oxygen atoms in total. The molecule has 2 aromatic carbocycles. The second-order valence-electron chi connectivity index (χ2n) is 6.56. The molecular formula is C20H16Cl2N4OS. The third kappa shape index (κ3) is 3.51. The Morgan fingerprint density at radius 3 is 2.61 bits per heavy atom. The Hall–Kier alpha value is -2.41. The molecule has 142 valence electrons. The maximum atomic E-state index is 12.7. The zero-order chi connectivity index (χ0) is 20.0. The van der Waals surface area contributed by atoms with E-state index in [1.165, 1.54) is 28.5 Å². The summed E-state index contributed by atoms with van der Waals surface area (Å²) in [6.07, 6.45) is 0. The van der Waals surface area contributed by atoms with Gasteiger partial charge in [0.25, 0.3) is 5.91 Å². The molecule has 1 N–H and O–H groups in total. The smallest absolute Gasteiger partial charge is 0.258 e. The van der Waals surface area contributed by atoms with E-state index >= 15 is 0 Å². The number of anilines is 1. The normalized spacial score (nSPS) is 11.2. The number of aryl methyl sites for hydroxylation is 3. The van der Waals surface area contributed by atoms with E-state index in [-0.39, 0.29) is 5.91 Å². The summed E-state index contributed by atoms with van der Waals surface area (Å²) in [5.74, 6) is 0.160. The number of carbonyl (C=O) groups excluding carboxylic acids is 1. The van der Waals surface area contributed by atoms with Gasteiger partial charge in [0.2, 0.25) is 5.13 Å². The first-order valence-corrected chi connectivity index (χ1v) is 10.1. The van der Waals surface area contributed by atoms with Gasteiger partial charge in [0.15, 0.2) is 0 Å². The van der Waals surface area contributed by atoms with E-state index in [0.29, 0.717) is 26.6 Å². The van der Waals surface area contributed by atoms with Crippen LogP contribution in [0.15, 0.2) is 36.4 Å². The van der Waals surface area contributed by atoms with Crippen molar-refractivity contribution in [3.63, 3.8) is 0 Å². The summed E-state index contributed by atoms with van der Waals surface area (Å²) >= 11 is 13.7. The molecule has 0 aliphatic carbocycles. The van der Waals surface area contributed by atoms with Gasteiger partial charge in [-0.1, -0.05) is 34.5 Å². The van der Waals surface area contributed by atoms with E-state index in [0.717, 1.165) is 15.9 Å². The molecule has 0 saturated heterocycles. The highest BCUT2D eigenvalue weighted by atomic mass is 35.5. The highest BCUT2D eigenvalue weighted by Crippen LogP contribution is 2.30. The van der Waals surface area contributed by atoms with Gasteiger partial charge in [0.05, 0.1) is 26.5 Å². The van der Waals surface area contributed by atoms with Crippen LogP contribution in [0.5, 0.6) is 0 Å². The first-order valence-electron chi connectivity index (χ1n) is 8.53. The molecule has 0 aliphatic rings. The Balaban J connectivity index is 1.73. The number of carbonyl (C=O) groups is 1. The summed E-state index contributed by atoms with van der Waals surface area (Å²) < 4.78 is 2.71.